The Morgan fingerprint density at radius 1 is 0.844 bits per heavy atom. The van der Waals surface area contributed by atoms with Gasteiger partial charge in [0.25, 0.3) is 5.91 Å². The largest absolute Gasteiger partial charge is 0.496 e. The first kappa shape index (κ1) is 24.7. The van der Waals surface area contributed by atoms with Gasteiger partial charge in [0.2, 0.25) is 0 Å². The summed E-state index contributed by atoms with van der Waals surface area (Å²) in [7, 11) is 5.28. The highest BCUT2D eigenvalue weighted by molar-refractivity contribution is 7.18. The maximum atomic E-state index is 12.4. The van der Waals surface area contributed by atoms with Gasteiger partial charge in [-0.2, -0.15) is 0 Å². The van der Waals surface area contributed by atoms with Crippen molar-refractivity contribution < 1.29 is 42.9 Å². The molecule has 1 N–H and O–H groups in total. The number of nitrogens with one attached hydrogen (secondary N) is 1. The fourth-order valence-corrected chi connectivity index (χ4v) is 3.95. The first-order chi connectivity index (χ1) is 15.2. The first-order valence-corrected chi connectivity index (χ1v) is 9.99. The summed E-state index contributed by atoms with van der Waals surface area (Å²) in [6.07, 6.45) is 0. The van der Waals surface area contributed by atoms with Crippen molar-refractivity contribution in [2.45, 2.75) is 13.8 Å². The normalized spacial score (nSPS) is 10.2. The number of ether oxygens (including phenoxy) is 5. The molecule has 0 fully saturated rings. The molecule has 0 aliphatic heterocycles. The van der Waals surface area contributed by atoms with Crippen LogP contribution in [0.15, 0.2) is 12.1 Å². The minimum Gasteiger partial charge on any atom is -0.496 e. The molecule has 0 bridgehead atoms. The maximum absolute atomic E-state index is 12.4. The zero-order valence-corrected chi connectivity index (χ0v) is 19.3. The van der Waals surface area contributed by atoms with Gasteiger partial charge in [-0.3, -0.25) is 4.79 Å². The molecule has 1 heterocycles. The fourth-order valence-electron chi connectivity index (χ4n) is 2.82. The average Bonchev–Trinajstić information content (AvgIpc) is 3.11. The predicted octanol–water partition coefficient (Wildman–Crippen LogP) is 2.75. The maximum Gasteiger partial charge on any atom is 0.348 e. The van der Waals surface area contributed by atoms with E-state index in [1.165, 1.54) is 47.5 Å². The van der Waals surface area contributed by atoms with Crippen LogP contribution in [-0.2, 0) is 19.0 Å². The minimum atomic E-state index is -0.775. The van der Waals surface area contributed by atoms with Crippen molar-refractivity contribution in [1.82, 2.24) is 0 Å². The fraction of sp³-hybridized carbons (Fsp3) is 0.333. The van der Waals surface area contributed by atoms with E-state index in [-0.39, 0.29) is 21.0 Å². The second kappa shape index (κ2) is 10.6. The first-order valence-electron chi connectivity index (χ1n) is 9.18. The highest BCUT2D eigenvalue weighted by Crippen LogP contribution is 2.34. The molecule has 0 atom stereocenters. The Morgan fingerprint density at radius 3 is 1.91 bits per heavy atom. The lowest BCUT2D eigenvalue weighted by molar-refractivity contribution is -0.119. The molecule has 0 saturated heterocycles. The van der Waals surface area contributed by atoms with Crippen molar-refractivity contribution in [1.29, 1.82) is 0 Å². The molecular formula is C21H23NO9S. The van der Waals surface area contributed by atoms with Gasteiger partial charge in [0.05, 0.1) is 39.6 Å². The zero-order valence-electron chi connectivity index (χ0n) is 18.4. The minimum absolute atomic E-state index is 0.0191. The van der Waals surface area contributed by atoms with Gasteiger partial charge in [-0.1, -0.05) is 0 Å². The number of amides is 1. The molecule has 0 saturated carbocycles. The summed E-state index contributed by atoms with van der Waals surface area (Å²) < 4.78 is 24.9. The Bertz CT molecular complexity index is 1030. The summed E-state index contributed by atoms with van der Waals surface area (Å²) >= 11 is 0.852. The molecule has 1 aromatic carbocycles. The van der Waals surface area contributed by atoms with Gasteiger partial charge in [0.15, 0.2) is 6.61 Å². The standard InChI is InChI=1S/C21H23NO9S/c1-10-13(27-3)7-12(8-14(10)28-4)19(24)31-9-15(23)22-18-16(20(25)29-5)11(2)17(32-18)21(26)30-6/h7-8H,9H2,1-6H3,(H,22,23). The second-order valence-electron chi connectivity index (χ2n) is 6.37. The number of hydrogen-bond donors (Lipinski definition) is 1. The Hall–Kier alpha value is -3.60. The monoisotopic (exact) mass is 465 g/mol. The third-order valence-electron chi connectivity index (χ3n) is 4.48. The van der Waals surface area contributed by atoms with Crippen molar-refractivity contribution in [3.8, 4) is 11.5 Å². The molecule has 0 aliphatic rings. The Kier molecular flexibility index (Phi) is 8.19. The highest BCUT2D eigenvalue weighted by atomic mass is 32.1. The van der Waals surface area contributed by atoms with Crippen LogP contribution in [0.3, 0.4) is 0 Å². The molecule has 10 nitrogen and oxygen atoms in total. The summed E-state index contributed by atoms with van der Waals surface area (Å²) in [4.78, 5) is 49.0. The summed E-state index contributed by atoms with van der Waals surface area (Å²) in [5.41, 5.74) is 1.16. The quantitative estimate of drug-likeness (QED) is 0.462. The predicted molar refractivity (Wildman–Crippen MR) is 115 cm³/mol. The molecule has 172 valence electrons. The van der Waals surface area contributed by atoms with Gasteiger partial charge in [0, 0.05) is 5.56 Å². The van der Waals surface area contributed by atoms with Gasteiger partial charge < -0.3 is 29.0 Å². The van der Waals surface area contributed by atoms with Crippen LogP contribution < -0.4 is 14.8 Å². The van der Waals surface area contributed by atoms with Crippen LogP contribution in [0, 0.1) is 13.8 Å². The van der Waals surface area contributed by atoms with E-state index in [4.69, 9.17) is 23.7 Å². The smallest absolute Gasteiger partial charge is 0.348 e. The van der Waals surface area contributed by atoms with Crippen molar-refractivity contribution in [2.24, 2.45) is 0 Å². The van der Waals surface area contributed by atoms with E-state index in [0.717, 1.165) is 11.3 Å². The third kappa shape index (κ3) is 5.17. The lowest BCUT2D eigenvalue weighted by Crippen LogP contribution is -2.21. The van der Waals surface area contributed by atoms with Gasteiger partial charge in [-0.05, 0) is 31.5 Å². The number of hydrogen-bond acceptors (Lipinski definition) is 10. The molecule has 2 rings (SSSR count). The topological polar surface area (TPSA) is 126 Å². The summed E-state index contributed by atoms with van der Waals surface area (Å²) in [5, 5.41) is 2.55. The van der Waals surface area contributed by atoms with Crippen molar-refractivity contribution in [3.05, 3.63) is 39.3 Å². The molecule has 0 spiro atoms. The molecule has 0 unspecified atom stereocenters. The van der Waals surface area contributed by atoms with Crippen molar-refractivity contribution in [2.75, 3.05) is 40.4 Å². The zero-order chi connectivity index (χ0) is 24.0. The summed E-state index contributed by atoms with van der Waals surface area (Å²) in [6.45, 7) is 2.66. The molecular weight excluding hydrogens is 442 g/mol. The van der Waals surface area contributed by atoms with Gasteiger partial charge in [-0.15, -0.1) is 11.3 Å². The van der Waals surface area contributed by atoms with Crippen LogP contribution in [0.2, 0.25) is 0 Å². The number of rotatable bonds is 8. The number of thiophene rings is 1. The van der Waals surface area contributed by atoms with Gasteiger partial charge >= 0.3 is 17.9 Å². The number of carbonyl (C=O) groups excluding carboxylic acids is 4. The van der Waals surface area contributed by atoms with Crippen LogP contribution >= 0.6 is 11.3 Å². The van der Waals surface area contributed by atoms with Crippen LogP contribution in [0.4, 0.5) is 5.00 Å². The number of methoxy groups -OCH3 is 4. The van der Waals surface area contributed by atoms with Crippen LogP contribution in [0.25, 0.3) is 0 Å². The second-order valence-corrected chi connectivity index (χ2v) is 7.39. The van der Waals surface area contributed by atoms with Crippen molar-refractivity contribution >= 4 is 40.2 Å². The van der Waals surface area contributed by atoms with E-state index in [1.807, 2.05) is 0 Å². The van der Waals surface area contributed by atoms with E-state index in [9.17, 15) is 19.2 Å². The van der Waals surface area contributed by atoms with E-state index in [2.05, 4.69) is 5.32 Å². The van der Waals surface area contributed by atoms with Gasteiger partial charge in [0.1, 0.15) is 21.4 Å². The van der Waals surface area contributed by atoms with Crippen LogP contribution in [-0.4, -0.2) is 58.9 Å². The lowest BCUT2D eigenvalue weighted by atomic mass is 10.1. The molecule has 1 amide bonds. The van der Waals surface area contributed by atoms with Crippen molar-refractivity contribution in [3.63, 3.8) is 0 Å². The average molecular weight is 465 g/mol. The molecule has 1 aromatic heterocycles. The lowest BCUT2D eigenvalue weighted by Gasteiger charge is -2.12. The Labute approximate surface area is 188 Å². The van der Waals surface area contributed by atoms with E-state index in [0.29, 0.717) is 22.6 Å². The SMILES string of the molecule is COC(=O)c1sc(NC(=O)COC(=O)c2cc(OC)c(C)c(OC)c2)c(C(=O)OC)c1C. The molecule has 2 aromatic rings. The number of benzene rings is 1. The molecule has 11 heteroatoms. The van der Waals surface area contributed by atoms with E-state index >= 15 is 0 Å². The summed E-state index contributed by atoms with van der Waals surface area (Å²) in [6, 6.07) is 2.94. The molecule has 0 aliphatic carbocycles. The molecule has 0 radical (unpaired) electrons. The summed E-state index contributed by atoms with van der Waals surface area (Å²) in [5.74, 6) is -2.04. The third-order valence-corrected chi connectivity index (χ3v) is 5.67. The van der Waals surface area contributed by atoms with E-state index < -0.39 is 30.4 Å². The Balaban J connectivity index is 2.17. The molecule has 32 heavy (non-hydrogen) atoms. The Morgan fingerprint density at radius 2 is 1.41 bits per heavy atom. The highest BCUT2D eigenvalue weighted by Gasteiger charge is 2.27. The number of anilines is 1. The van der Waals surface area contributed by atoms with Gasteiger partial charge in [-0.25, -0.2) is 14.4 Å². The van der Waals surface area contributed by atoms with E-state index in [1.54, 1.807) is 6.92 Å². The van der Waals surface area contributed by atoms with Crippen LogP contribution in [0.1, 0.15) is 41.5 Å². The number of carbonyl (C=O) groups is 4. The van der Waals surface area contributed by atoms with Crippen LogP contribution in [0.5, 0.6) is 11.5 Å². The number of esters is 3.